The van der Waals surface area contributed by atoms with Crippen LogP contribution in [-0.2, 0) is 16.8 Å². The van der Waals surface area contributed by atoms with Crippen molar-refractivity contribution >= 4 is 11.7 Å². The van der Waals surface area contributed by atoms with Gasteiger partial charge in [-0.25, -0.2) is 4.98 Å². The number of nitrogens with two attached hydrogens (primary N) is 1. The molecule has 8 heteroatoms. The van der Waals surface area contributed by atoms with Crippen LogP contribution in [0, 0.1) is 5.41 Å². The summed E-state index contributed by atoms with van der Waals surface area (Å²) in [6.45, 7) is 10.7. The summed E-state index contributed by atoms with van der Waals surface area (Å²) in [5, 5.41) is 4.88. The summed E-state index contributed by atoms with van der Waals surface area (Å²) in [5.41, 5.74) is 10.00. The maximum absolute atomic E-state index is 12.9. The van der Waals surface area contributed by atoms with Crippen LogP contribution in [0.2, 0.25) is 0 Å². The van der Waals surface area contributed by atoms with Gasteiger partial charge < -0.3 is 15.4 Å². The zero-order valence-corrected chi connectivity index (χ0v) is 21.0. The van der Waals surface area contributed by atoms with Crippen LogP contribution in [0.25, 0.3) is 11.3 Å². The van der Waals surface area contributed by atoms with Gasteiger partial charge >= 0.3 is 0 Å². The number of hydrogen-bond donors (Lipinski definition) is 1. The molecule has 2 atom stereocenters. The number of aromatic nitrogens is 4. The molecule has 0 bridgehead atoms. The van der Waals surface area contributed by atoms with E-state index in [4.69, 9.17) is 15.6 Å². The molecule has 1 amide bonds. The third-order valence-electron chi connectivity index (χ3n) is 7.15. The van der Waals surface area contributed by atoms with Crippen LogP contribution in [0.15, 0.2) is 42.9 Å². The van der Waals surface area contributed by atoms with Gasteiger partial charge in [-0.2, -0.15) is 5.10 Å². The normalized spacial score (nSPS) is 20.3. The SMILES string of the molecule is C[C@@H](Oc1cc(-c2cc3n(n2)CCC32CCN(C(=O)CC(C)(C)C)C2)cnc1N)c1cccnc1. The van der Waals surface area contributed by atoms with Crippen LogP contribution in [-0.4, -0.2) is 43.6 Å². The first kappa shape index (κ1) is 23.3. The summed E-state index contributed by atoms with van der Waals surface area (Å²) >= 11 is 0. The molecule has 2 aliphatic rings. The Bertz CT molecular complexity index is 1230. The monoisotopic (exact) mass is 474 g/mol. The maximum atomic E-state index is 12.9. The third kappa shape index (κ3) is 4.61. The highest BCUT2D eigenvalue weighted by Crippen LogP contribution is 2.44. The van der Waals surface area contributed by atoms with Crippen molar-refractivity contribution in [3.8, 4) is 17.0 Å². The molecule has 1 spiro atoms. The van der Waals surface area contributed by atoms with Gasteiger partial charge in [-0.15, -0.1) is 0 Å². The molecule has 1 unspecified atom stereocenters. The number of ether oxygens (including phenoxy) is 1. The first-order valence-electron chi connectivity index (χ1n) is 12.3. The van der Waals surface area contributed by atoms with E-state index in [1.807, 2.05) is 30.0 Å². The molecular weight excluding hydrogens is 440 g/mol. The Kier molecular flexibility index (Phi) is 5.77. The molecule has 3 aromatic heterocycles. The molecule has 35 heavy (non-hydrogen) atoms. The lowest BCUT2D eigenvalue weighted by atomic mass is 9.82. The molecule has 0 aliphatic carbocycles. The average Bonchev–Trinajstić information content (AvgIpc) is 3.52. The number of pyridine rings is 2. The fraction of sp³-hybridized carbons (Fsp3) is 0.481. The number of carbonyl (C=O) groups is 1. The minimum Gasteiger partial charge on any atom is -0.482 e. The number of hydrogen-bond acceptors (Lipinski definition) is 6. The fourth-order valence-corrected chi connectivity index (χ4v) is 5.23. The van der Waals surface area contributed by atoms with E-state index in [1.54, 1.807) is 18.6 Å². The van der Waals surface area contributed by atoms with Crippen LogP contribution in [0.3, 0.4) is 0 Å². The van der Waals surface area contributed by atoms with Crippen molar-refractivity contribution in [2.24, 2.45) is 5.41 Å². The number of carbonyl (C=O) groups excluding carboxylic acids is 1. The number of amides is 1. The maximum Gasteiger partial charge on any atom is 0.223 e. The zero-order chi connectivity index (χ0) is 24.8. The Morgan fingerprint density at radius 1 is 1.23 bits per heavy atom. The topological polar surface area (TPSA) is 99.2 Å². The van der Waals surface area contributed by atoms with E-state index >= 15 is 0 Å². The second kappa shape index (κ2) is 8.66. The minimum atomic E-state index is -0.214. The summed E-state index contributed by atoms with van der Waals surface area (Å²) in [4.78, 5) is 23.5. The Morgan fingerprint density at radius 3 is 2.77 bits per heavy atom. The molecule has 2 aliphatic heterocycles. The zero-order valence-electron chi connectivity index (χ0n) is 21.0. The molecule has 8 nitrogen and oxygen atoms in total. The molecule has 1 saturated heterocycles. The summed E-state index contributed by atoms with van der Waals surface area (Å²) in [6.07, 6.45) is 7.63. The highest BCUT2D eigenvalue weighted by Gasteiger charge is 2.47. The fourth-order valence-electron chi connectivity index (χ4n) is 5.23. The number of fused-ring (bicyclic) bond motifs is 2. The summed E-state index contributed by atoms with van der Waals surface area (Å²) in [5.74, 6) is 1.12. The summed E-state index contributed by atoms with van der Waals surface area (Å²) < 4.78 is 8.24. The minimum absolute atomic E-state index is 0.00604. The van der Waals surface area contributed by atoms with Crippen molar-refractivity contribution in [3.05, 3.63) is 54.1 Å². The van der Waals surface area contributed by atoms with E-state index in [9.17, 15) is 4.79 Å². The number of rotatable bonds is 5. The molecular formula is C27H34N6O2. The lowest BCUT2D eigenvalue weighted by Crippen LogP contribution is -2.35. The van der Waals surface area contributed by atoms with Crippen LogP contribution < -0.4 is 10.5 Å². The van der Waals surface area contributed by atoms with Gasteiger partial charge in [0.15, 0.2) is 11.6 Å². The standard InChI is InChI=1S/C27H34N6O2/c1-18(19-6-5-9-29-15-19)35-22-12-20(16-30-25(22)28)21-13-23-27(8-11-33(23)31-21)7-10-32(17-27)24(34)14-26(2,3)4/h5-6,9,12-13,15-16,18H,7-8,10-11,14,17H2,1-4H3,(H2,28,30)/t18-,27?/m1/s1. The highest BCUT2D eigenvalue weighted by molar-refractivity contribution is 5.77. The molecule has 3 aromatic rings. The molecule has 0 aromatic carbocycles. The molecule has 0 radical (unpaired) electrons. The van der Waals surface area contributed by atoms with Crippen LogP contribution >= 0.6 is 0 Å². The van der Waals surface area contributed by atoms with Gasteiger partial charge in [-0.1, -0.05) is 26.8 Å². The molecule has 184 valence electrons. The number of nitrogens with zero attached hydrogens (tertiary/aromatic N) is 5. The van der Waals surface area contributed by atoms with E-state index in [0.29, 0.717) is 18.0 Å². The Balaban J connectivity index is 1.36. The first-order chi connectivity index (χ1) is 16.6. The van der Waals surface area contributed by atoms with Crippen molar-refractivity contribution in [3.63, 3.8) is 0 Å². The molecule has 2 N–H and O–H groups in total. The van der Waals surface area contributed by atoms with Crippen LogP contribution in [0.5, 0.6) is 5.75 Å². The second-order valence-corrected chi connectivity index (χ2v) is 11.1. The van der Waals surface area contributed by atoms with Crippen molar-refractivity contribution in [2.45, 2.75) is 65.0 Å². The van der Waals surface area contributed by atoms with E-state index in [1.165, 1.54) is 5.69 Å². The van der Waals surface area contributed by atoms with Crippen LogP contribution in [0.1, 0.15) is 64.3 Å². The van der Waals surface area contributed by atoms with Gasteiger partial charge in [0.2, 0.25) is 5.91 Å². The lowest BCUT2D eigenvalue weighted by molar-refractivity contribution is -0.132. The van der Waals surface area contributed by atoms with Gasteiger partial charge in [0.25, 0.3) is 0 Å². The van der Waals surface area contributed by atoms with Gasteiger partial charge in [0.05, 0.1) is 5.69 Å². The highest BCUT2D eigenvalue weighted by atomic mass is 16.5. The number of nitrogen functional groups attached to an aromatic ring is 1. The quantitative estimate of drug-likeness (QED) is 0.589. The van der Waals surface area contributed by atoms with Crippen molar-refractivity contribution in [1.82, 2.24) is 24.6 Å². The van der Waals surface area contributed by atoms with Gasteiger partial charge in [-0.05, 0) is 43.4 Å². The number of likely N-dealkylation sites (tertiary alicyclic amines) is 1. The van der Waals surface area contributed by atoms with Gasteiger partial charge in [0.1, 0.15) is 6.10 Å². The second-order valence-electron chi connectivity index (χ2n) is 11.1. The smallest absolute Gasteiger partial charge is 0.223 e. The molecule has 0 saturated carbocycles. The predicted molar refractivity (Wildman–Crippen MR) is 135 cm³/mol. The Labute approximate surface area is 206 Å². The van der Waals surface area contributed by atoms with Gasteiger partial charge in [-0.3, -0.25) is 14.5 Å². The van der Waals surface area contributed by atoms with Crippen LogP contribution in [0.4, 0.5) is 5.82 Å². The van der Waals surface area contributed by atoms with E-state index in [0.717, 1.165) is 49.3 Å². The predicted octanol–water partition coefficient (Wildman–Crippen LogP) is 4.37. The molecule has 5 rings (SSSR count). The Hall–Kier alpha value is -3.42. The third-order valence-corrected chi connectivity index (χ3v) is 7.15. The van der Waals surface area contributed by atoms with Crippen molar-refractivity contribution in [2.75, 3.05) is 18.8 Å². The first-order valence-corrected chi connectivity index (χ1v) is 12.3. The van der Waals surface area contributed by atoms with Gasteiger partial charge in [0, 0.05) is 66.9 Å². The van der Waals surface area contributed by atoms with Crippen molar-refractivity contribution < 1.29 is 9.53 Å². The Morgan fingerprint density at radius 2 is 2.03 bits per heavy atom. The average molecular weight is 475 g/mol. The largest absolute Gasteiger partial charge is 0.482 e. The van der Waals surface area contributed by atoms with E-state index < -0.39 is 0 Å². The van der Waals surface area contributed by atoms with Crippen molar-refractivity contribution in [1.29, 1.82) is 0 Å². The summed E-state index contributed by atoms with van der Waals surface area (Å²) in [7, 11) is 0. The number of anilines is 1. The molecule has 5 heterocycles. The molecule has 1 fully saturated rings. The van der Waals surface area contributed by atoms with E-state index in [2.05, 4.69) is 41.5 Å². The van der Waals surface area contributed by atoms with E-state index in [-0.39, 0.29) is 22.8 Å². The lowest BCUT2D eigenvalue weighted by Gasteiger charge is -2.26. The number of aryl methyl sites for hydroxylation is 1. The summed E-state index contributed by atoms with van der Waals surface area (Å²) in [6, 6.07) is 7.93.